The van der Waals surface area contributed by atoms with Crippen LogP contribution in [0.5, 0.6) is 0 Å². The van der Waals surface area contributed by atoms with E-state index in [-0.39, 0.29) is 11.3 Å². The quantitative estimate of drug-likeness (QED) is 0.593. The number of para-hydroxylation sites is 1. The highest BCUT2D eigenvalue weighted by Gasteiger charge is 2.30. The Morgan fingerprint density at radius 1 is 1.29 bits per heavy atom. The van der Waals surface area contributed by atoms with E-state index in [0.29, 0.717) is 4.31 Å². The summed E-state index contributed by atoms with van der Waals surface area (Å²) in [5.74, 6) is -0.724. The van der Waals surface area contributed by atoms with Gasteiger partial charge in [0.05, 0.1) is 17.1 Å². The van der Waals surface area contributed by atoms with Gasteiger partial charge in [-0.1, -0.05) is 18.2 Å². The molecular formula is C11H13F3N2O4S. The lowest BCUT2D eigenvalue weighted by molar-refractivity contribution is -0.385. The summed E-state index contributed by atoms with van der Waals surface area (Å²) in [7, 11) is -3.05. The Morgan fingerprint density at radius 3 is 2.38 bits per heavy atom. The third kappa shape index (κ3) is 5.31. The summed E-state index contributed by atoms with van der Waals surface area (Å²) in [6.45, 7) is -0.730. The molecule has 1 rings (SSSR count). The molecule has 0 spiro atoms. The Hall–Kier alpha value is -1.68. The van der Waals surface area contributed by atoms with Gasteiger partial charge in [-0.2, -0.15) is 13.2 Å². The molecule has 0 atom stereocenters. The number of alkyl halides is 3. The Labute approximate surface area is 119 Å². The van der Waals surface area contributed by atoms with Crippen LogP contribution in [0.3, 0.4) is 0 Å². The van der Waals surface area contributed by atoms with Gasteiger partial charge in [-0.3, -0.25) is 10.1 Å². The van der Waals surface area contributed by atoms with Crippen molar-refractivity contribution < 1.29 is 26.5 Å². The van der Waals surface area contributed by atoms with Crippen molar-refractivity contribution in [3.05, 3.63) is 39.9 Å². The van der Waals surface area contributed by atoms with Crippen LogP contribution in [-0.4, -0.2) is 37.4 Å². The van der Waals surface area contributed by atoms with Crippen LogP contribution >= 0.6 is 0 Å². The highest BCUT2D eigenvalue weighted by molar-refractivity contribution is 7.88. The van der Waals surface area contributed by atoms with Crippen LogP contribution in [0, 0.1) is 10.1 Å². The molecule has 1 aromatic rings. The molecule has 0 unspecified atom stereocenters. The van der Waals surface area contributed by atoms with E-state index in [1.807, 2.05) is 0 Å². The number of rotatable bonds is 6. The molecule has 1 aromatic carbocycles. The molecule has 0 amide bonds. The molecule has 6 nitrogen and oxygen atoms in total. The average molecular weight is 326 g/mol. The van der Waals surface area contributed by atoms with Crippen LogP contribution in [0.15, 0.2) is 24.3 Å². The topological polar surface area (TPSA) is 80.5 Å². The molecular weight excluding hydrogens is 313 g/mol. The molecule has 0 bridgehead atoms. The van der Waals surface area contributed by atoms with Crippen molar-refractivity contribution in [2.45, 2.75) is 18.3 Å². The van der Waals surface area contributed by atoms with E-state index in [1.165, 1.54) is 18.2 Å². The number of nitro benzene ring substituents is 1. The Balaban J connectivity index is 2.88. The number of halogens is 3. The molecule has 0 saturated heterocycles. The van der Waals surface area contributed by atoms with Crippen molar-refractivity contribution >= 4 is 15.7 Å². The van der Waals surface area contributed by atoms with E-state index < -0.39 is 39.8 Å². The first-order chi connectivity index (χ1) is 9.53. The third-order valence-corrected chi connectivity index (χ3v) is 4.52. The summed E-state index contributed by atoms with van der Waals surface area (Å²) < 4.78 is 60.7. The van der Waals surface area contributed by atoms with Crippen molar-refractivity contribution in [3.8, 4) is 0 Å². The van der Waals surface area contributed by atoms with Crippen LogP contribution in [0.25, 0.3) is 0 Å². The molecule has 118 valence electrons. The van der Waals surface area contributed by atoms with Gasteiger partial charge in [-0.05, 0) is 0 Å². The summed E-state index contributed by atoms with van der Waals surface area (Å²) >= 11 is 0. The Bertz CT molecular complexity index is 616. The minimum atomic E-state index is -4.47. The molecule has 0 aliphatic rings. The normalized spacial score (nSPS) is 12.6. The van der Waals surface area contributed by atoms with Gasteiger partial charge in [-0.25, -0.2) is 12.7 Å². The van der Waals surface area contributed by atoms with E-state index in [2.05, 4.69) is 0 Å². The maximum absolute atomic E-state index is 12.1. The van der Waals surface area contributed by atoms with E-state index in [1.54, 1.807) is 0 Å². The van der Waals surface area contributed by atoms with Gasteiger partial charge in [-0.15, -0.1) is 0 Å². The Kier molecular flexibility index (Phi) is 5.29. The summed E-state index contributed by atoms with van der Waals surface area (Å²) in [5, 5.41) is 10.8. The largest absolute Gasteiger partial charge is 0.390 e. The molecule has 0 radical (unpaired) electrons. The number of sulfonamides is 1. The molecule has 0 aromatic heterocycles. The molecule has 0 heterocycles. The van der Waals surface area contributed by atoms with Gasteiger partial charge < -0.3 is 0 Å². The molecule has 0 saturated carbocycles. The molecule has 0 aliphatic heterocycles. The number of nitrogens with zero attached hydrogens (tertiary/aromatic N) is 2. The van der Waals surface area contributed by atoms with Crippen LogP contribution < -0.4 is 0 Å². The van der Waals surface area contributed by atoms with Crippen LogP contribution in [-0.2, 0) is 15.8 Å². The highest BCUT2D eigenvalue weighted by Crippen LogP contribution is 2.23. The monoisotopic (exact) mass is 326 g/mol. The number of hydrogen-bond acceptors (Lipinski definition) is 4. The zero-order valence-corrected chi connectivity index (χ0v) is 11.8. The highest BCUT2D eigenvalue weighted by atomic mass is 32.2. The number of benzene rings is 1. The minimum Gasteiger partial charge on any atom is -0.258 e. The molecule has 0 fully saturated rings. The summed E-state index contributed by atoms with van der Waals surface area (Å²) in [5.41, 5.74) is -0.452. The van der Waals surface area contributed by atoms with Crippen LogP contribution in [0.2, 0.25) is 0 Å². The van der Waals surface area contributed by atoms with Crippen molar-refractivity contribution in [2.24, 2.45) is 0 Å². The molecule has 0 N–H and O–H groups in total. The lowest BCUT2D eigenvalue weighted by atomic mass is 10.2. The lowest BCUT2D eigenvalue weighted by Crippen LogP contribution is -2.31. The van der Waals surface area contributed by atoms with E-state index >= 15 is 0 Å². The standard InChI is InChI=1S/C11H13F3N2O4S/c1-15(7-6-11(12,13)14)21(19,20)8-9-4-2-3-5-10(9)16(17)18/h2-5H,6-8H2,1H3. The fourth-order valence-electron chi connectivity index (χ4n) is 1.54. The van der Waals surface area contributed by atoms with Gasteiger partial charge >= 0.3 is 6.18 Å². The van der Waals surface area contributed by atoms with Gasteiger partial charge in [0.15, 0.2) is 0 Å². The average Bonchev–Trinajstić information content (AvgIpc) is 2.34. The van der Waals surface area contributed by atoms with Crippen molar-refractivity contribution in [1.29, 1.82) is 0 Å². The summed E-state index contributed by atoms with van der Waals surface area (Å²) in [6.07, 6.45) is -5.75. The fraction of sp³-hybridized carbons (Fsp3) is 0.455. The lowest BCUT2D eigenvalue weighted by Gasteiger charge is -2.18. The van der Waals surface area contributed by atoms with Crippen molar-refractivity contribution in [2.75, 3.05) is 13.6 Å². The SMILES string of the molecule is CN(CCC(F)(F)F)S(=O)(=O)Cc1ccccc1[N+](=O)[O-]. The minimum absolute atomic E-state index is 0.0682. The maximum atomic E-state index is 12.1. The maximum Gasteiger partial charge on any atom is 0.390 e. The smallest absolute Gasteiger partial charge is 0.258 e. The van der Waals surface area contributed by atoms with E-state index in [9.17, 15) is 31.7 Å². The predicted molar refractivity (Wildman–Crippen MR) is 69.0 cm³/mol. The molecule has 10 heteroatoms. The first-order valence-electron chi connectivity index (χ1n) is 5.76. The molecule has 0 aliphatic carbocycles. The second-order valence-corrected chi connectivity index (χ2v) is 6.40. The predicted octanol–water partition coefficient (Wildman–Crippen LogP) is 2.31. The molecule has 21 heavy (non-hydrogen) atoms. The van der Waals surface area contributed by atoms with Gasteiger partial charge in [0.25, 0.3) is 5.69 Å². The summed E-state index contributed by atoms with van der Waals surface area (Å²) in [4.78, 5) is 10.0. The van der Waals surface area contributed by atoms with Crippen molar-refractivity contribution in [1.82, 2.24) is 4.31 Å². The first-order valence-corrected chi connectivity index (χ1v) is 7.37. The second-order valence-electron chi connectivity index (χ2n) is 4.33. The third-order valence-electron chi connectivity index (χ3n) is 2.71. The van der Waals surface area contributed by atoms with Gasteiger partial charge in [0, 0.05) is 25.2 Å². The second kappa shape index (κ2) is 6.39. The van der Waals surface area contributed by atoms with Crippen LogP contribution in [0.4, 0.5) is 18.9 Å². The fourth-order valence-corrected chi connectivity index (χ4v) is 2.77. The summed E-state index contributed by atoms with van der Waals surface area (Å²) in [6, 6.07) is 5.20. The van der Waals surface area contributed by atoms with Crippen LogP contribution in [0.1, 0.15) is 12.0 Å². The van der Waals surface area contributed by atoms with Gasteiger partial charge in [0.2, 0.25) is 10.0 Å². The first kappa shape index (κ1) is 17.4. The number of hydrogen-bond donors (Lipinski definition) is 0. The van der Waals surface area contributed by atoms with Gasteiger partial charge in [0.1, 0.15) is 0 Å². The zero-order valence-electron chi connectivity index (χ0n) is 11.0. The van der Waals surface area contributed by atoms with Crippen molar-refractivity contribution in [3.63, 3.8) is 0 Å². The van der Waals surface area contributed by atoms with E-state index in [4.69, 9.17) is 0 Å². The zero-order chi connectivity index (χ0) is 16.3. The number of nitro groups is 1. The van der Waals surface area contributed by atoms with E-state index in [0.717, 1.165) is 13.1 Å². The Morgan fingerprint density at radius 2 is 1.86 bits per heavy atom.